The second kappa shape index (κ2) is 22.9. The zero-order chi connectivity index (χ0) is 45.7. The van der Waals surface area contributed by atoms with E-state index < -0.39 is 0 Å². The Kier molecular flexibility index (Phi) is 16.6. The Bertz CT molecular complexity index is 2170. The van der Waals surface area contributed by atoms with Crippen LogP contribution >= 0.6 is 0 Å². The molecule has 1 aromatic heterocycles. The number of hydrogen-bond acceptors (Lipinski definition) is 13. The molecule has 4 heterocycles. The van der Waals surface area contributed by atoms with Crippen LogP contribution in [0.5, 0.6) is 5.75 Å². The Morgan fingerprint density at radius 2 is 1.77 bits per heavy atom. The minimum atomic E-state index is -0.267. The lowest BCUT2D eigenvalue weighted by Crippen LogP contribution is -2.55. The lowest BCUT2D eigenvalue weighted by atomic mass is 10.0. The van der Waals surface area contributed by atoms with Crippen molar-refractivity contribution in [3.8, 4) is 5.75 Å². The van der Waals surface area contributed by atoms with E-state index in [1.807, 2.05) is 13.0 Å². The van der Waals surface area contributed by atoms with E-state index in [4.69, 9.17) is 19.2 Å². The van der Waals surface area contributed by atoms with Gasteiger partial charge in [0.1, 0.15) is 24.2 Å². The molecule has 350 valence electrons. The molecule has 5 N–H and O–H groups in total. The number of unbranched alkanes of at least 4 members (excludes halogenated alkanes) is 3. The lowest BCUT2D eigenvalue weighted by molar-refractivity contribution is -0.125. The number of hydrogen-bond donors (Lipinski definition) is 5. The minimum absolute atomic E-state index is 0.0624. The predicted molar refractivity (Wildman–Crippen MR) is 247 cm³/mol. The van der Waals surface area contributed by atoms with E-state index in [2.05, 4.69) is 36.5 Å². The fourth-order valence-corrected chi connectivity index (χ4v) is 9.12. The highest BCUT2D eigenvalue weighted by Gasteiger charge is 2.41. The highest BCUT2D eigenvalue weighted by Crippen LogP contribution is 2.40. The molecule has 1 unspecified atom stereocenters. The molecule has 18 nitrogen and oxygen atoms in total. The first-order chi connectivity index (χ1) is 31.7. The predicted octanol–water partition coefficient (Wildman–Crippen LogP) is 4.87. The maximum atomic E-state index is 13.3. The summed E-state index contributed by atoms with van der Waals surface area (Å²) in [4.78, 5) is 79.3. The second-order valence-corrected chi connectivity index (χ2v) is 17.0. The first-order valence-corrected chi connectivity index (χ1v) is 23.2. The molecular formula is C47H64N10O8. The first kappa shape index (κ1) is 47.1. The summed E-state index contributed by atoms with van der Waals surface area (Å²) < 4.78 is 16.9. The molecule has 2 aromatic carbocycles. The fraction of sp³-hybridized carbons (Fsp3) is 0.553. The molecule has 0 radical (unpaired) electrons. The van der Waals surface area contributed by atoms with Gasteiger partial charge in [-0.1, -0.05) is 38.7 Å². The maximum Gasteiger partial charge on any atom is 0.254 e. The molecule has 0 spiro atoms. The molecule has 5 amide bonds. The van der Waals surface area contributed by atoms with Gasteiger partial charge >= 0.3 is 0 Å². The Labute approximate surface area is 380 Å². The van der Waals surface area contributed by atoms with Crippen LogP contribution in [-0.2, 0) is 30.4 Å². The van der Waals surface area contributed by atoms with Crippen molar-refractivity contribution in [3.63, 3.8) is 0 Å². The number of anilines is 5. The Morgan fingerprint density at radius 1 is 0.954 bits per heavy atom. The smallest absolute Gasteiger partial charge is 0.254 e. The average molecular weight is 897 g/mol. The van der Waals surface area contributed by atoms with Crippen molar-refractivity contribution in [2.45, 2.75) is 109 Å². The highest BCUT2D eigenvalue weighted by molar-refractivity contribution is 6.05. The largest absolute Gasteiger partial charge is 0.495 e. The molecule has 3 aliphatic heterocycles. The van der Waals surface area contributed by atoms with Crippen molar-refractivity contribution in [1.82, 2.24) is 30.8 Å². The van der Waals surface area contributed by atoms with Gasteiger partial charge in [0.2, 0.25) is 23.7 Å². The van der Waals surface area contributed by atoms with Crippen LogP contribution < -0.4 is 41.1 Å². The number of aromatic nitrogens is 2. The van der Waals surface area contributed by atoms with E-state index in [-0.39, 0.29) is 54.4 Å². The molecular weight excluding hydrogens is 833 g/mol. The summed E-state index contributed by atoms with van der Waals surface area (Å²) in [6.45, 7) is 5.66. The third kappa shape index (κ3) is 11.7. The van der Waals surface area contributed by atoms with Gasteiger partial charge in [0.05, 0.1) is 44.9 Å². The number of ether oxygens (including phenoxy) is 3. The zero-order valence-corrected chi connectivity index (χ0v) is 37.9. The summed E-state index contributed by atoms with van der Waals surface area (Å²) in [6, 6.07) is 10.4. The number of carbonyl (C=O) groups excluding carboxylic acids is 5. The molecule has 1 saturated heterocycles. The van der Waals surface area contributed by atoms with Crippen LogP contribution in [0.25, 0.3) is 0 Å². The van der Waals surface area contributed by atoms with Gasteiger partial charge < -0.3 is 55.5 Å². The standard InChI is InChI=1S/C47H64N10O8/c1-4-38-46(62)55(2)39-27-50-47(54-43(39)57(38)32-12-8-9-13-32)53-37-19-17-31(26-40(37)63-3)44(60)49-23-25-64-24-22-48-21-10-6-5-7-16-42(59)52-36-15-11-14-34-35(36)28-56(45(34)61)33-18-20-41(58)51-30-65-29-33/h11,14-15,17,19,26-27,32-33,38,48H,4-10,12-13,16,18,20-25,28-30H2,1-3H3,(H,49,60)(H,51,58)(H,52,59)(H,50,53,54)/t33?,38-/m1/s1. The van der Waals surface area contributed by atoms with Gasteiger partial charge in [-0.3, -0.25) is 24.0 Å². The molecule has 3 aromatic rings. The van der Waals surface area contributed by atoms with E-state index in [9.17, 15) is 24.0 Å². The number of nitrogens with one attached hydrogen (secondary N) is 5. The van der Waals surface area contributed by atoms with Crippen molar-refractivity contribution in [3.05, 3.63) is 59.3 Å². The first-order valence-electron chi connectivity index (χ1n) is 23.2. The lowest BCUT2D eigenvalue weighted by Gasteiger charge is -2.43. The molecule has 18 heteroatoms. The molecule has 1 aliphatic carbocycles. The second-order valence-electron chi connectivity index (χ2n) is 17.0. The number of benzene rings is 2. The van der Waals surface area contributed by atoms with Gasteiger partial charge in [-0.05, 0) is 75.4 Å². The Balaban J connectivity index is 0.750. The van der Waals surface area contributed by atoms with Crippen LogP contribution in [0, 0.1) is 0 Å². The summed E-state index contributed by atoms with van der Waals surface area (Å²) in [7, 11) is 3.33. The zero-order valence-electron chi connectivity index (χ0n) is 37.9. The van der Waals surface area contributed by atoms with Crippen molar-refractivity contribution < 1.29 is 38.2 Å². The van der Waals surface area contributed by atoms with Crippen LogP contribution in [0.3, 0.4) is 0 Å². The number of likely N-dealkylation sites (N-methyl/N-ethyl adjacent to an activating group) is 1. The van der Waals surface area contributed by atoms with Crippen LogP contribution in [0.1, 0.15) is 110 Å². The van der Waals surface area contributed by atoms with Crippen molar-refractivity contribution >= 4 is 58.4 Å². The number of amides is 5. The van der Waals surface area contributed by atoms with E-state index in [0.29, 0.717) is 105 Å². The number of rotatable bonds is 21. The fourth-order valence-electron chi connectivity index (χ4n) is 9.12. The summed E-state index contributed by atoms with van der Waals surface area (Å²) in [5, 5.41) is 15.3. The number of nitrogens with zero attached hydrogens (tertiary/aromatic N) is 5. The number of fused-ring (bicyclic) bond motifs is 2. The topological polar surface area (TPSA) is 209 Å². The van der Waals surface area contributed by atoms with E-state index in [0.717, 1.165) is 69.3 Å². The summed E-state index contributed by atoms with van der Waals surface area (Å²) in [5.74, 6) is 1.14. The molecule has 0 bridgehead atoms. The van der Waals surface area contributed by atoms with Crippen LogP contribution in [0.2, 0.25) is 0 Å². The summed E-state index contributed by atoms with van der Waals surface area (Å²) >= 11 is 0. The quantitative estimate of drug-likeness (QED) is 0.0907. The van der Waals surface area contributed by atoms with Crippen LogP contribution in [0.4, 0.5) is 28.8 Å². The molecule has 4 aliphatic rings. The monoisotopic (exact) mass is 896 g/mol. The summed E-state index contributed by atoms with van der Waals surface area (Å²) in [5.41, 5.74) is 3.79. The molecule has 1 saturated carbocycles. The number of carbonyl (C=O) groups is 5. The van der Waals surface area contributed by atoms with Gasteiger partial charge in [-0.2, -0.15) is 4.98 Å². The normalized spacial score (nSPS) is 18.8. The van der Waals surface area contributed by atoms with E-state index in [1.54, 1.807) is 60.5 Å². The molecule has 2 atom stereocenters. The number of methoxy groups -OCH3 is 1. The minimum Gasteiger partial charge on any atom is -0.495 e. The van der Waals surface area contributed by atoms with Gasteiger partial charge in [0.25, 0.3) is 11.8 Å². The Hall–Kier alpha value is -5.85. The third-order valence-electron chi connectivity index (χ3n) is 12.7. The maximum absolute atomic E-state index is 13.3. The third-order valence-corrected chi connectivity index (χ3v) is 12.7. The van der Waals surface area contributed by atoms with E-state index in [1.165, 1.54) is 0 Å². The molecule has 7 rings (SSSR count). The van der Waals surface area contributed by atoms with Crippen LogP contribution in [-0.4, -0.2) is 123 Å². The van der Waals surface area contributed by atoms with Crippen molar-refractivity contribution in [2.75, 3.05) is 80.8 Å². The molecule has 2 fully saturated rings. The van der Waals surface area contributed by atoms with Crippen molar-refractivity contribution in [2.24, 2.45) is 0 Å². The van der Waals surface area contributed by atoms with Gasteiger partial charge in [-0.25, -0.2) is 4.98 Å². The van der Waals surface area contributed by atoms with Gasteiger partial charge in [0, 0.05) is 67.9 Å². The summed E-state index contributed by atoms with van der Waals surface area (Å²) in [6.07, 6.45) is 11.6. The SMILES string of the molecule is CC[C@@H]1C(=O)N(C)c2cnc(Nc3ccc(C(=O)NCCOCCNCCCCCCC(=O)Nc4cccc5c4CN(C4CCC(=O)NCOC4)C5=O)cc3OC)nc2N1C1CCCC1. The van der Waals surface area contributed by atoms with E-state index >= 15 is 0 Å². The van der Waals surface area contributed by atoms with Crippen molar-refractivity contribution in [1.29, 1.82) is 0 Å². The Morgan fingerprint density at radius 3 is 2.58 bits per heavy atom. The van der Waals surface area contributed by atoms with Crippen LogP contribution in [0.15, 0.2) is 42.6 Å². The highest BCUT2D eigenvalue weighted by atomic mass is 16.5. The average Bonchev–Trinajstić information content (AvgIpc) is 3.96. The molecule has 65 heavy (non-hydrogen) atoms. The van der Waals surface area contributed by atoms with Gasteiger partial charge in [-0.15, -0.1) is 0 Å². The van der Waals surface area contributed by atoms with Gasteiger partial charge in [0.15, 0.2) is 5.82 Å².